The summed E-state index contributed by atoms with van der Waals surface area (Å²) >= 11 is 0. The predicted molar refractivity (Wildman–Crippen MR) is 97.6 cm³/mol. The van der Waals surface area contributed by atoms with E-state index in [1.165, 1.54) is 18.3 Å². The van der Waals surface area contributed by atoms with E-state index in [2.05, 4.69) is 10.3 Å². The summed E-state index contributed by atoms with van der Waals surface area (Å²) in [6, 6.07) is 11.4. The first-order valence-electron chi connectivity index (χ1n) is 8.48. The Kier molecular flexibility index (Phi) is 4.19. The van der Waals surface area contributed by atoms with Crippen molar-refractivity contribution in [1.29, 1.82) is 5.26 Å². The lowest BCUT2D eigenvalue weighted by atomic mass is 9.96. The predicted octanol–water partition coefficient (Wildman–Crippen LogP) is 4.56. The van der Waals surface area contributed by atoms with Crippen LogP contribution >= 0.6 is 0 Å². The van der Waals surface area contributed by atoms with Gasteiger partial charge in [0.1, 0.15) is 0 Å². The number of nitriles is 1. The van der Waals surface area contributed by atoms with Crippen LogP contribution < -0.4 is 10.2 Å². The molecule has 0 radical (unpaired) electrons. The lowest BCUT2D eigenvalue weighted by Gasteiger charge is -2.33. The third-order valence-electron chi connectivity index (χ3n) is 4.68. The van der Waals surface area contributed by atoms with Crippen LogP contribution in [0.15, 0.2) is 54.7 Å². The van der Waals surface area contributed by atoms with Gasteiger partial charge in [-0.1, -0.05) is 18.2 Å². The zero-order valence-electron chi connectivity index (χ0n) is 14.7. The molecule has 2 aromatic carbocycles. The van der Waals surface area contributed by atoms with Crippen LogP contribution in [0, 0.1) is 11.3 Å². The molecule has 2 amide bonds. The van der Waals surface area contributed by atoms with Gasteiger partial charge in [0.2, 0.25) is 0 Å². The fraction of sp³-hybridized carbons (Fsp3) is 0.100. The van der Waals surface area contributed by atoms with Crippen molar-refractivity contribution in [2.24, 2.45) is 0 Å². The van der Waals surface area contributed by atoms with Crippen LogP contribution in [0.5, 0.6) is 5.88 Å². The van der Waals surface area contributed by atoms with E-state index in [1.54, 1.807) is 24.3 Å². The van der Waals surface area contributed by atoms with Gasteiger partial charge in [0.15, 0.2) is 5.88 Å². The number of aromatic hydroxyl groups is 1. The van der Waals surface area contributed by atoms with E-state index in [1.807, 2.05) is 6.07 Å². The molecule has 0 saturated heterocycles. The normalized spacial score (nSPS) is 16.1. The van der Waals surface area contributed by atoms with Crippen LogP contribution in [0.1, 0.15) is 28.3 Å². The number of halogens is 3. The van der Waals surface area contributed by atoms with Crippen molar-refractivity contribution in [3.63, 3.8) is 0 Å². The van der Waals surface area contributed by atoms with Gasteiger partial charge in [-0.25, -0.2) is 4.79 Å². The summed E-state index contributed by atoms with van der Waals surface area (Å²) < 4.78 is 39.3. The number of fused-ring (bicyclic) bond motifs is 1. The highest BCUT2D eigenvalue weighted by Crippen LogP contribution is 2.44. The van der Waals surface area contributed by atoms with Gasteiger partial charge in [-0.3, -0.25) is 4.90 Å². The summed E-state index contributed by atoms with van der Waals surface area (Å²) in [6.45, 7) is 0. The SMILES string of the molecule is N#Cc1ccc([C@H]2NC(=O)N(c3cccc(C(F)(F)F)c3)c3c[nH]c(O)c32)cc1. The first kappa shape index (κ1) is 18.4. The Morgan fingerprint density at radius 2 is 1.86 bits per heavy atom. The molecule has 3 N–H and O–H groups in total. The number of rotatable bonds is 2. The Morgan fingerprint density at radius 1 is 1.14 bits per heavy atom. The fourth-order valence-corrected chi connectivity index (χ4v) is 3.33. The van der Waals surface area contributed by atoms with Gasteiger partial charge in [-0.2, -0.15) is 18.4 Å². The van der Waals surface area contributed by atoms with Crippen molar-refractivity contribution < 1.29 is 23.1 Å². The zero-order chi connectivity index (χ0) is 20.8. The van der Waals surface area contributed by atoms with E-state index in [-0.39, 0.29) is 17.3 Å². The van der Waals surface area contributed by atoms with Crippen molar-refractivity contribution in [3.05, 3.63) is 77.0 Å². The maximum Gasteiger partial charge on any atom is 0.416 e. The van der Waals surface area contributed by atoms with E-state index < -0.39 is 23.8 Å². The molecular weight excluding hydrogens is 385 g/mol. The van der Waals surface area contributed by atoms with Gasteiger partial charge < -0.3 is 15.4 Å². The second-order valence-electron chi connectivity index (χ2n) is 6.44. The second kappa shape index (κ2) is 6.60. The quantitative estimate of drug-likeness (QED) is 0.591. The number of urea groups is 1. The average Bonchev–Trinajstić information content (AvgIpc) is 3.08. The Hall–Kier alpha value is -3.93. The summed E-state index contributed by atoms with van der Waals surface area (Å²) in [5, 5.41) is 21.9. The van der Waals surface area contributed by atoms with Crippen molar-refractivity contribution in [2.75, 3.05) is 4.90 Å². The number of aromatic amines is 1. The number of amides is 2. The Labute approximate surface area is 162 Å². The number of carbonyl (C=O) groups excluding carboxylic acids is 1. The lowest BCUT2D eigenvalue weighted by Crippen LogP contribution is -2.44. The molecule has 9 heteroatoms. The van der Waals surface area contributed by atoms with E-state index in [4.69, 9.17) is 5.26 Å². The van der Waals surface area contributed by atoms with E-state index in [0.717, 1.165) is 17.0 Å². The van der Waals surface area contributed by atoms with Crippen LogP contribution in [0.4, 0.5) is 29.3 Å². The number of alkyl halides is 3. The number of benzene rings is 2. The first-order chi connectivity index (χ1) is 13.8. The summed E-state index contributed by atoms with van der Waals surface area (Å²) in [7, 11) is 0. The Balaban J connectivity index is 1.80. The topological polar surface area (TPSA) is 92.2 Å². The molecule has 29 heavy (non-hydrogen) atoms. The van der Waals surface area contributed by atoms with Gasteiger partial charge in [-0.15, -0.1) is 0 Å². The molecule has 2 heterocycles. The molecule has 1 aromatic heterocycles. The average molecular weight is 398 g/mol. The molecule has 1 aliphatic rings. The number of anilines is 2. The fourth-order valence-electron chi connectivity index (χ4n) is 3.33. The van der Waals surface area contributed by atoms with E-state index >= 15 is 0 Å². The first-order valence-corrected chi connectivity index (χ1v) is 8.48. The molecule has 3 aromatic rings. The minimum atomic E-state index is -4.56. The molecule has 0 aliphatic carbocycles. The zero-order valence-corrected chi connectivity index (χ0v) is 14.7. The standard InChI is InChI=1S/C20H13F3N4O2/c21-20(22,23)13-2-1-3-14(8-13)27-15-10-25-18(28)16(15)17(26-19(27)29)12-6-4-11(9-24)5-7-12/h1-8,10,17,25,28H,(H,26,29)/t17-/m1/s1. The van der Waals surface area contributed by atoms with Crippen LogP contribution in [0.2, 0.25) is 0 Å². The van der Waals surface area contributed by atoms with Crippen LogP contribution in [-0.4, -0.2) is 16.1 Å². The monoisotopic (exact) mass is 398 g/mol. The Bertz CT molecular complexity index is 1130. The largest absolute Gasteiger partial charge is 0.494 e. The van der Waals surface area contributed by atoms with Gasteiger partial charge in [0.25, 0.3) is 0 Å². The highest BCUT2D eigenvalue weighted by Gasteiger charge is 2.37. The van der Waals surface area contributed by atoms with E-state index in [9.17, 15) is 23.1 Å². The minimum Gasteiger partial charge on any atom is -0.494 e. The molecule has 0 spiro atoms. The number of hydrogen-bond acceptors (Lipinski definition) is 3. The van der Waals surface area contributed by atoms with Gasteiger partial charge in [0.05, 0.1) is 40.2 Å². The summed E-state index contributed by atoms with van der Waals surface area (Å²) in [6.07, 6.45) is -3.20. The number of nitrogens with zero attached hydrogens (tertiary/aromatic N) is 2. The van der Waals surface area contributed by atoms with Crippen LogP contribution in [-0.2, 0) is 6.18 Å². The number of carbonyl (C=O) groups is 1. The van der Waals surface area contributed by atoms with Gasteiger partial charge in [0, 0.05) is 6.20 Å². The highest BCUT2D eigenvalue weighted by atomic mass is 19.4. The molecule has 0 fully saturated rings. The van der Waals surface area contributed by atoms with Gasteiger partial charge >= 0.3 is 12.2 Å². The third-order valence-corrected chi connectivity index (χ3v) is 4.68. The number of aromatic nitrogens is 1. The summed E-state index contributed by atoms with van der Waals surface area (Å²) in [5.74, 6) is -0.216. The number of nitrogens with one attached hydrogen (secondary N) is 2. The highest BCUT2D eigenvalue weighted by molar-refractivity contribution is 6.03. The molecular formula is C20H13F3N4O2. The summed E-state index contributed by atoms with van der Waals surface area (Å²) in [5.41, 5.74) is 0.706. The smallest absolute Gasteiger partial charge is 0.416 e. The third kappa shape index (κ3) is 3.14. The van der Waals surface area contributed by atoms with Crippen molar-refractivity contribution in [3.8, 4) is 11.9 Å². The van der Waals surface area contributed by atoms with Crippen molar-refractivity contribution in [2.45, 2.75) is 12.2 Å². The van der Waals surface area contributed by atoms with Crippen molar-refractivity contribution >= 4 is 17.4 Å². The maximum absolute atomic E-state index is 13.1. The molecule has 0 unspecified atom stereocenters. The second-order valence-corrected chi connectivity index (χ2v) is 6.44. The van der Waals surface area contributed by atoms with Crippen LogP contribution in [0.25, 0.3) is 0 Å². The van der Waals surface area contributed by atoms with E-state index in [0.29, 0.717) is 16.7 Å². The maximum atomic E-state index is 13.1. The molecule has 6 nitrogen and oxygen atoms in total. The molecule has 0 bridgehead atoms. The molecule has 4 rings (SSSR count). The van der Waals surface area contributed by atoms with Gasteiger partial charge in [-0.05, 0) is 35.9 Å². The minimum absolute atomic E-state index is 0.0100. The Morgan fingerprint density at radius 3 is 2.52 bits per heavy atom. The lowest BCUT2D eigenvalue weighted by molar-refractivity contribution is -0.137. The van der Waals surface area contributed by atoms with Crippen LogP contribution in [0.3, 0.4) is 0 Å². The number of hydrogen-bond donors (Lipinski definition) is 3. The molecule has 1 atom stereocenters. The number of H-pyrrole nitrogens is 1. The summed E-state index contributed by atoms with van der Waals surface area (Å²) in [4.78, 5) is 16.5. The van der Waals surface area contributed by atoms with Crippen molar-refractivity contribution in [1.82, 2.24) is 10.3 Å². The molecule has 0 saturated carbocycles. The molecule has 1 aliphatic heterocycles. The molecule has 146 valence electrons.